The number of ether oxygens (including phenoxy) is 6. The second kappa shape index (κ2) is 36.8. The van der Waals surface area contributed by atoms with Crippen LogP contribution in [-0.2, 0) is 51.1 Å². The summed E-state index contributed by atoms with van der Waals surface area (Å²) in [5, 5.41) is 2.72. The van der Waals surface area contributed by atoms with Crippen molar-refractivity contribution < 1.29 is 57.2 Å². The molecule has 0 aliphatic carbocycles. The molecule has 0 saturated carbocycles. The Morgan fingerprint density at radius 2 is 0.885 bits per heavy atom. The molecule has 1 saturated heterocycles. The molecule has 2 aromatic carbocycles. The Bertz CT molecular complexity index is 2610. The molecule has 1 N–H and O–H groups in total. The predicted molar refractivity (Wildman–Crippen MR) is 340 cm³/mol. The molecule has 486 valence electrons. The minimum atomic E-state index is -0.650. The van der Waals surface area contributed by atoms with E-state index in [2.05, 4.69) is 10.3 Å². The van der Waals surface area contributed by atoms with Crippen LogP contribution in [-0.4, -0.2) is 145 Å². The van der Waals surface area contributed by atoms with Gasteiger partial charge in [-0.05, 0) is 152 Å². The fourth-order valence-corrected chi connectivity index (χ4v) is 10.2. The number of hydrogen-bond donors (Lipinski definition) is 1. The van der Waals surface area contributed by atoms with E-state index in [1.165, 1.54) is 22.5 Å². The number of benzene rings is 2. The van der Waals surface area contributed by atoms with Crippen LogP contribution in [0.2, 0.25) is 0 Å². The summed E-state index contributed by atoms with van der Waals surface area (Å²) in [6.07, 6.45) is 10.4. The number of amides is 5. The summed E-state index contributed by atoms with van der Waals surface area (Å²) in [5.41, 5.74) is -1.49. The van der Waals surface area contributed by atoms with Crippen molar-refractivity contribution in [3.8, 4) is 0 Å². The number of carbonyl (C=O) groups is 6. The number of aromatic nitrogens is 2. The van der Waals surface area contributed by atoms with E-state index in [0.29, 0.717) is 96.6 Å². The number of anilines is 1. The van der Waals surface area contributed by atoms with E-state index in [4.69, 9.17) is 28.4 Å². The first-order valence-corrected chi connectivity index (χ1v) is 32.4. The van der Waals surface area contributed by atoms with E-state index in [1.807, 2.05) is 144 Å². The fraction of sp³-hybridized carbons (Fsp3) is 0.667. The summed E-state index contributed by atoms with van der Waals surface area (Å²) >= 11 is 1.42. The number of carbonyl (C=O) groups excluding carboxylic acids is 6. The zero-order valence-corrected chi connectivity index (χ0v) is 55.2. The van der Waals surface area contributed by atoms with Crippen molar-refractivity contribution in [2.24, 2.45) is 0 Å². The van der Waals surface area contributed by atoms with Gasteiger partial charge in [0, 0.05) is 77.1 Å². The van der Waals surface area contributed by atoms with Gasteiger partial charge in [0.25, 0.3) is 0 Å². The number of esters is 1. The van der Waals surface area contributed by atoms with Gasteiger partial charge in [0.1, 0.15) is 46.5 Å². The van der Waals surface area contributed by atoms with Crippen molar-refractivity contribution >= 4 is 53.8 Å². The lowest BCUT2D eigenvalue weighted by molar-refractivity contribution is -0.147. The fourth-order valence-electron chi connectivity index (χ4n) is 9.22. The quantitative estimate of drug-likeness (QED) is 0.0334. The maximum Gasteiger partial charge on any atom is 0.410 e. The molecule has 5 amide bonds. The van der Waals surface area contributed by atoms with Gasteiger partial charge in [0.05, 0.1) is 0 Å². The monoisotopic (exact) mass is 1230 g/mol. The highest BCUT2D eigenvalue weighted by atomic mass is 32.2. The van der Waals surface area contributed by atoms with Crippen LogP contribution in [0, 0.1) is 0 Å². The molecule has 1 aliphatic heterocycles. The third-order valence-corrected chi connectivity index (χ3v) is 14.5. The first-order valence-electron chi connectivity index (χ1n) is 31.3. The van der Waals surface area contributed by atoms with Crippen LogP contribution < -0.4 is 11.0 Å². The average molecular weight is 1230 g/mol. The lowest BCUT2D eigenvalue weighted by atomic mass is 10.1. The summed E-state index contributed by atoms with van der Waals surface area (Å²) in [6.45, 7) is 26.3. The summed E-state index contributed by atoms with van der Waals surface area (Å²) < 4.78 is 35.8. The molecule has 0 bridgehead atoms. The highest BCUT2D eigenvalue weighted by Gasteiger charge is 2.30. The van der Waals surface area contributed by atoms with Crippen LogP contribution in [0.3, 0.4) is 0 Å². The molecule has 1 fully saturated rings. The lowest BCUT2D eigenvalue weighted by Gasteiger charge is -2.28. The maximum atomic E-state index is 13.2. The summed E-state index contributed by atoms with van der Waals surface area (Å²) in [5.74, 6) is -0.0774. The molecule has 20 nitrogen and oxygen atoms in total. The molecule has 0 radical (unpaired) electrons. The highest BCUT2D eigenvalue weighted by molar-refractivity contribution is 8.00. The molecule has 0 unspecified atom stereocenters. The molecular weight excluding hydrogens is 1130 g/mol. The Kier molecular flexibility index (Phi) is 31.0. The predicted octanol–water partition coefficient (Wildman–Crippen LogP) is 13.9. The van der Waals surface area contributed by atoms with Crippen LogP contribution in [0.25, 0.3) is 0 Å². The zero-order chi connectivity index (χ0) is 64.0. The number of nitrogens with zero attached hydrogens (tertiary/aromatic N) is 6. The minimum absolute atomic E-state index is 0.0169. The second-order valence-corrected chi connectivity index (χ2v) is 27.4. The SMILES string of the molecule is CC(C)(C)OC(=O)N(CCCCCCN(Cc1ccccc1)C(=O)OC(C)(C)C)CCCCCC(=O)Nc1ccn([C@@H]2CS[C@H](COC(=O)CCCCCN(CCCCCCN(Cc3ccccc3)C(=O)OC(C)(C)C)C(=O)OC(C)(C)C)O2)c(=O)n1. The van der Waals surface area contributed by atoms with E-state index in [0.717, 1.165) is 62.5 Å². The summed E-state index contributed by atoms with van der Waals surface area (Å²) in [6, 6.07) is 21.3. The van der Waals surface area contributed by atoms with Gasteiger partial charge in [0.15, 0.2) is 0 Å². The Morgan fingerprint density at radius 3 is 1.28 bits per heavy atom. The highest BCUT2D eigenvalue weighted by Crippen LogP contribution is 2.31. The maximum absolute atomic E-state index is 13.2. The normalized spacial score (nSPS) is 14.4. The Balaban J connectivity index is 1.11. The van der Waals surface area contributed by atoms with Crippen LogP contribution in [0.15, 0.2) is 77.7 Å². The Morgan fingerprint density at radius 1 is 0.517 bits per heavy atom. The van der Waals surface area contributed by atoms with Crippen LogP contribution >= 0.6 is 11.8 Å². The van der Waals surface area contributed by atoms with Gasteiger partial charge < -0.3 is 53.3 Å². The molecular formula is C66H103N7O13S. The van der Waals surface area contributed by atoms with Gasteiger partial charge in [0.2, 0.25) is 5.91 Å². The van der Waals surface area contributed by atoms with Gasteiger partial charge in [-0.15, -0.1) is 11.8 Å². The molecule has 0 spiro atoms. The molecule has 1 aromatic heterocycles. The lowest BCUT2D eigenvalue weighted by Crippen LogP contribution is -2.38. The van der Waals surface area contributed by atoms with Crippen molar-refractivity contribution in [2.45, 2.75) is 233 Å². The third-order valence-electron chi connectivity index (χ3n) is 13.4. The van der Waals surface area contributed by atoms with Crippen molar-refractivity contribution in [1.29, 1.82) is 0 Å². The third kappa shape index (κ3) is 31.9. The topological polar surface area (TPSA) is 218 Å². The number of nitrogens with one attached hydrogen (secondary N) is 1. The smallest absolute Gasteiger partial charge is 0.410 e. The summed E-state index contributed by atoms with van der Waals surface area (Å²) in [4.78, 5) is 102. The van der Waals surface area contributed by atoms with E-state index in [9.17, 15) is 33.6 Å². The van der Waals surface area contributed by atoms with Crippen molar-refractivity contribution in [3.05, 3.63) is 94.5 Å². The number of unbranched alkanes of at least 4 members (excludes halogenated alkanes) is 10. The second-order valence-electron chi connectivity index (χ2n) is 26.2. The van der Waals surface area contributed by atoms with E-state index < -0.39 is 39.8 Å². The van der Waals surface area contributed by atoms with Crippen LogP contribution in [0.4, 0.5) is 25.0 Å². The summed E-state index contributed by atoms with van der Waals surface area (Å²) in [7, 11) is 0. The van der Waals surface area contributed by atoms with Gasteiger partial charge in [-0.3, -0.25) is 14.2 Å². The Hall–Kier alpha value is -6.35. The standard InChI is InChI=1S/C66H103N7O13S/c1-63(2,3)83-59(77)69(40-27-13-15-29-44-71(61(79)85-65(7,8)9)47-51-33-21-17-22-34-51)42-31-19-25-37-54(74)67-53-39-46-73(58(76)68-53)55-50-87-57(82-55)49-81-56(75)38-26-20-32-43-70(60(78)84-64(4,5)6)41-28-14-16-30-45-72(62(80)86-66(10,11)12)48-52-35-23-18-24-36-52/h17-18,21-24,33-36,39,46,55,57H,13-16,19-20,25-32,37-38,40-45,47-50H2,1-12H3,(H,67,68,74,76)/t55-,57+/m0/s1. The largest absolute Gasteiger partial charge is 0.462 e. The zero-order valence-electron chi connectivity index (χ0n) is 54.4. The molecule has 21 heteroatoms. The molecule has 87 heavy (non-hydrogen) atoms. The van der Waals surface area contributed by atoms with Gasteiger partial charge in [-0.2, -0.15) is 4.98 Å². The van der Waals surface area contributed by atoms with Gasteiger partial charge >= 0.3 is 36.0 Å². The molecule has 2 atom stereocenters. The van der Waals surface area contributed by atoms with E-state index in [-0.39, 0.29) is 61.5 Å². The molecule has 2 heterocycles. The van der Waals surface area contributed by atoms with Crippen molar-refractivity contribution in [3.63, 3.8) is 0 Å². The Labute approximate surface area is 522 Å². The van der Waals surface area contributed by atoms with Crippen LogP contribution in [0.5, 0.6) is 0 Å². The molecule has 1 aliphatic rings. The number of rotatable bonds is 34. The van der Waals surface area contributed by atoms with E-state index >= 15 is 0 Å². The number of thioether (sulfide) groups is 1. The van der Waals surface area contributed by atoms with Gasteiger partial charge in [-0.1, -0.05) is 99.2 Å². The van der Waals surface area contributed by atoms with Gasteiger partial charge in [-0.25, -0.2) is 24.0 Å². The molecule has 4 rings (SSSR count). The first kappa shape index (κ1) is 73.1. The number of hydrogen-bond acceptors (Lipinski definition) is 15. The van der Waals surface area contributed by atoms with Crippen molar-refractivity contribution in [1.82, 2.24) is 29.2 Å². The van der Waals surface area contributed by atoms with Crippen molar-refractivity contribution in [2.75, 3.05) is 56.9 Å². The van der Waals surface area contributed by atoms with Crippen LogP contribution in [0.1, 0.15) is 203 Å². The average Bonchev–Trinajstić information content (AvgIpc) is 3.58. The molecule has 3 aromatic rings. The first-order chi connectivity index (χ1) is 41.0. The minimum Gasteiger partial charge on any atom is -0.462 e. The van der Waals surface area contributed by atoms with E-state index in [1.54, 1.807) is 25.7 Å².